The molecule has 0 aromatic rings. The summed E-state index contributed by atoms with van der Waals surface area (Å²) in [4.78, 5) is 11.7. The van der Waals surface area contributed by atoms with Crippen molar-refractivity contribution >= 4 is 5.96 Å². The first-order valence-electron chi connectivity index (χ1n) is 4.68. The molecule has 0 aromatic carbocycles. The highest BCUT2D eigenvalue weighted by molar-refractivity contribution is 5.75. The summed E-state index contributed by atoms with van der Waals surface area (Å²) in [5.74, 6) is -0.216. The van der Waals surface area contributed by atoms with Crippen molar-refractivity contribution in [1.29, 1.82) is 5.41 Å². The van der Waals surface area contributed by atoms with Crippen molar-refractivity contribution in [2.75, 3.05) is 13.7 Å². The van der Waals surface area contributed by atoms with Crippen molar-refractivity contribution in [2.45, 2.75) is 31.9 Å². The SMILES string of the molecule is CN(C(=N)N[N+](=O)[O-])C1COC(C)(C)C1. The molecule has 1 rings (SSSR count). The maximum Gasteiger partial charge on any atom is 0.254 e. The Hall–Kier alpha value is -1.37. The van der Waals surface area contributed by atoms with Crippen molar-refractivity contribution in [3.05, 3.63) is 10.1 Å². The second-order valence-corrected chi connectivity index (χ2v) is 4.26. The molecule has 1 fully saturated rings. The molecule has 86 valence electrons. The van der Waals surface area contributed by atoms with Crippen LogP contribution in [0, 0.1) is 15.5 Å². The van der Waals surface area contributed by atoms with Crippen LogP contribution in [0.25, 0.3) is 0 Å². The number of guanidine groups is 1. The third-order valence-corrected chi connectivity index (χ3v) is 2.49. The normalized spacial score (nSPS) is 23.5. The van der Waals surface area contributed by atoms with E-state index in [-0.39, 0.29) is 17.6 Å². The Morgan fingerprint density at radius 3 is 2.73 bits per heavy atom. The van der Waals surface area contributed by atoms with E-state index in [0.29, 0.717) is 6.61 Å². The zero-order chi connectivity index (χ0) is 11.6. The fourth-order valence-corrected chi connectivity index (χ4v) is 1.60. The number of rotatable bonds is 2. The Morgan fingerprint density at radius 2 is 2.33 bits per heavy atom. The van der Waals surface area contributed by atoms with Crippen molar-refractivity contribution in [3.63, 3.8) is 0 Å². The lowest BCUT2D eigenvalue weighted by molar-refractivity contribution is -0.526. The van der Waals surface area contributed by atoms with E-state index in [0.717, 1.165) is 6.42 Å². The van der Waals surface area contributed by atoms with Crippen LogP contribution >= 0.6 is 0 Å². The Labute approximate surface area is 88.0 Å². The van der Waals surface area contributed by atoms with Crippen molar-refractivity contribution in [2.24, 2.45) is 0 Å². The molecule has 0 aliphatic carbocycles. The topological polar surface area (TPSA) is 91.5 Å². The number of nitro groups is 1. The van der Waals surface area contributed by atoms with E-state index < -0.39 is 5.03 Å². The third kappa shape index (κ3) is 3.05. The number of nitrogens with zero attached hydrogens (tertiary/aromatic N) is 2. The van der Waals surface area contributed by atoms with Crippen LogP contribution in [0.3, 0.4) is 0 Å². The van der Waals surface area contributed by atoms with Crippen molar-refractivity contribution in [3.8, 4) is 0 Å². The number of ether oxygens (including phenoxy) is 1. The van der Waals surface area contributed by atoms with Gasteiger partial charge in [-0.25, -0.2) is 10.1 Å². The highest BCUT2D eigenvalue weighted by Crippen LogP contribution is 2.26. The van der Waals surface area contributed by atoms with Gasteiger partial charge >= 0.3 is 0 Å². The number of nitrogens with one attached hydrogen (secondary N) is 2. The molecule has 15 heavy (non-hydrogen) atoms. The van der Waals surface area contributed by atoms with Crippen LogP contribution in [-0.2, 0) is 4.74 Å². The lowest BCUT2D eigenvalue weighted by Gasteiger charge is -2.24. The third-order valence-electron chi connectivity index (χ3n) is 2.49. The molecule has 1 aliphatic rings. The number of hydrogen-bond acceptors (Lipinski definition) is 4. The summed E-state index contributed by atoms with van der Waals surface area (Å²) in [6, 6.07) is 0.0138. The number of hydrazine groups is 1. The monoisotopic (exact) mass is 216 g/mol. The fraction of sp³-hybridized carbons (Fsp3) is 0.875. The molecular formula is C8H16N4O3. The first-order chi connectivity index (χ1) is 6.82. The van der Waals surface area contributed by atoms with Gasteiger partial charge in [-0.05, 0) is 20.3 Å². The average Bonchev–Trinajstić information content (AvgIpc) is 2.43. The van der Waals surface area contributed by atoms with E-state index in [1.54, 1.807) is 7.05 Å². The van der Waals surface area contributed by atoms with Crippen LogP contribution in [0.4, 0.5) is 0 Å². The number of hydrogen-bond donors (Lipinski definition) is 2. The molecule has 2 N–H and O–H groups in total. The second kappa shape index (κ2) is 4.01. The quantitative estimate of drug-likeness (QED) is 0.298. The van der Waals surface area contributed by atoms with Gasteiger partial charge in [-0.3, -0.25) is 5.41 Å². The molecule has 0 saturated carbocycles. The summed E-state index contributed by atoms with van der Waals surface area (Å²) < 4.78 is 5.49. The van der Waals surface area contributed by atoms with Crippen molar-refractivity contribution in [1.82, 2.24) is 10.3 Å². The van der Waals surface area contributed by atoms with Gasteiger partial charge in [0.1, 0.15) is 0 Å². The van der Waals surface area contributed by atoms with E-state index in [4.69, 9.17) is 10.1 Å². The molecule has 7 nitrogen and oxygen atoms in total. The predicted octanol–water partition coefficient (Wildman–Crippen LogP) is 0.202. The molecule has 1 atom stereocenters. The zero-order valence-corrected chi connectivity index (χ0v) is 9.11. The highest BCUT2D eigenvalue weighted by Gasteiger charge is 2.35. The molecule has 0 spiro atoms. The van der Waals surface area contributed by atoms with E-state index in [2.05, 4.69) is 0 Å². The highest BCUT2D eigenvalue weighted by atomic mass is 16.7. The molecule has 0 bridgehead atoms. The van der Waals surface area contributed by atoms with Crippen LogP contribution in [-0.4, -0.2) is 41.2 Å². The Morgan fingerprint density at radius 1 is 1.73 bits per heavy atom. The van der Waals surface area contributed by atoms with E-state index in [9.17, 15) is 10.1 Å². The predicted molar refractivity (Wildman–Crippen MR) is 54.1 cm³/mol. The second-order valence-electron chi connectivity index (χ2n) is 4.26. The maximum atomic E-state index is 10.2. The molecule has 1 heterocycles. The lowest BCUT2D eigenvalue weighted by atomic mass is 10.0. The van der Waals surface area contributed by atoms with Gasteiger partial charge in [0.05, 0.1) is 18.2 Å². The minimum absolute atomic E-state index is 0.0138. The van der Waals surface area contributed by atoms with Gasteiger partial charge in [0.25, 0.3) is 5.96 Å². The standard InChI is InChI=1S/C8H16N4O3/c1-8(2)4-6(5-15-8)11(3)7(9)10-12(13)14/h6H,4-5H2,1-3H3,(H2,9,10). The van der Waals surface area contributed by atoms with Gasteiger partial charge in [0.2, 0.25) is 0 Å². The first kappa shape index (κ1) is 11.7. The summed E-state index contributed by atoms with van der Waals surface area (Å²) in [5.41, 5.74) is 1.61. The van der Waals surface area contributed by atoms with Gasteiger partial charge in [-0.15, -0.1) is 0 Å². The van der Waals surface area contributed by atoms with Gasteiger partial charge in [0, 0.05) is 7.05 Å². The summed E-state index contributed by atoms with van der Waals surface area (Å²) in [7, 11) is 1.65. The Balaban J connectivity index is 2.51. The molecule has 1 unspecified atom stereocenters. The van der Waals surface area contributed by atoms with Crippen LogP contribution in [0.2, 0.25) is 0 Å². The van der Waals surface area contributed by atoms with Crippen LogP contribution < -0.4 is 5.43 Å². The van der Waals surface area contributed by atoms with Gasteiger partial charge in [-0.1, -0.05) is 5.43 Å². The van der Waals surface area contributed by atoms with Gasteiger partial charge in [0.15, 0.2) is 5.03 Å². The van der Waals surface area contributed by atoms with E-state index >= 15 is 0 Å². The summed E-state index contributed by atoms with van der Waals surface area (Å²) in [5, 5.41) is 16.9. The molecule has 1 saturated heterocycles. The summed E-state index contributed by atoms with van der Waals surface area (Å²) >= 11 is 0. The van der Waals surface area contributed by atoms with Crippen molar-refractivity contribution < 1.29 is 9.77 Å². The van der Waals surface area contributed by atoms with Crippen LogP contribution in [0.1, 0.15) is 20.3 Å². The average molecular weight is 216 g/mol. The Kier molecular flexibility index (Phi) is 3.13. The maximum absolute atomic E-state index is 10.2. The fourth-order valence-electron chi connectivity index (χ4n) is 1.60. The van der Waals surface area contributed by atoms with Crippen LogP contribution in [0.5, 0.6) is 0 Å². The molecule has 1 aliphatic heterocycles. The molecule has 7 heteroatoms. The summed E-state index contributed by atoms with van der Waals surface area (Å²) in [6.45, 7) is 4.42. The smallest absolute Gasteiger partial charge is 0.254 e. The minimum atomic E-state index is -0.736. The summed E-state index contributed by atoms with van der Waals surface area (Å²) in [6.07, 6.45) is 0.755. The van der Waals surface area contributed by atoms with E-state index in [1.165, 1.54) is 4.90 Å². The number of likely N-dealkylation sites (N-methyl/N-ethyl adjacent to an activating group) is 1. The van der Waals surface area contributed by atoms with E-state index in [1.807, 2.05) is 19.3 Å². The zero-order valence-electron chi connectivity index (χ0n) is 9.11. The van der Waals surface area contributed by atoms with Gasteiger partial charge < -0.3 is 9.64 Å². The van der Waals surface area contributed by atoms with Gasteiger partial charge in [-0.2, -0.15) is 0 Å². The molecule has 0 aromatic heterocycles. The first-order valence-corrected chi connectivity index (χ1v) is 4.68. The Bertz CT molecular complexity index is 279. The largest absolute Gasteiger partial charge is 0.373 e. The van der Waals surface area contributed by atoms with Crippen LogP contribution in [0.15, 0.2) is 0 Å². The minimum Gasteiger partial charge on any atom is -0.373 e. The molecule has 0 radical (unpaired) electrons. The lowest BCUT2D eigenvalue weighted by Crippen LogP contribution is -2.46. The molecule has 0 amide bonds. The molecular weight excluding hydrogens is 200 g/mol.